The van der Waals surface area contributed by atoms with E-state index in [4.69, 9.17) is 4.74 Å². The van der Waals surface area contributed by atoms with Gasteiger partial charge in [0.1, 0.15) is 5.75 Å². The van der Waals surface area contributed by atoms with Gasteiger partial charge in [0.2, 0.25) is 0 Å². The predicted octanol–water partition coefficient (Wildman–Crippen LogP) is 5.96. The standard InChI is InChI=1S/C28H25N3O2S/c1-19-25(27(32)31-23-15-9-10-16-24(23)33-2)26(21-13-7-4-8-14-21)22(17-29)28(30-19)34-18-20-11-5-3-6-12-20/h3-16,26,30H,18H2,1-2H3,(H,31,32)/t26-/m0/s1. The predicted molar refractivity (Wildman–Crippen MR) is 137 cm³/mol. The van der Waals surface area contributed by atoms with Crippen LogP contribution >= 0.6 is 11.8 Å². The number of methoxy groups -OCH3 is 1. The van der Waals surface area contributed by atoms with E-state index in [-0.39, 0.29) is 5.91 Å². The summed E-state index contributed by atoms with van der Waals surface area (Å²) in [5.41, 5.74) is 4.39. The fourth-order valence-corrected chi connectivity index (χ4v) is 5.02. The molecule has 3 aromatic rings. The average molecular weight is 468 g/mol. The van der Waals surface area contributed by atoms with Crippen molar-refractivity contribution in [3.8, 4) is 11.8 Å². The van der Waals surface area contributed by atoms with Crippen molar-refractivity contribution in [3.05, 3.63) is 118 Å². The highest BCUT2D eigenvalue weighted by Crippen LogP contribution is 2.41. The lowest BCUT2D eigenvalue weighted by atomic mass is 9.82. The Hall–Kier alpha value is -3.95. The number of hydrogen-bond donors (Lipinski definition) is 2. The van der Waals surface area contributed by atoms with Crippen LogP contribution in [0.5, 0.6) is 5.75 Å². The highest BCUT2D eigenvalue weighted by atomic mass is 32.2. The van der Waals surface area contributed by atoms with E-state index in [1.54, 1.807) is 31.0 Å². The molecule has 34 heavy (non-hydrogen) atoms. The molecule has 0 radical (unpaired) electrons. The summed E-state index contributed by atoms with van der Waals surface area (Å²) in [5.74, 6) is 0.527. The molecule has 0 aromatic heterocycles. The van der Waals surface area contributed by atoms with Crippen molar-refractivity contribution >= 4 is 23.4 Å². The van der Waals surface area contributed by atoms with E-state index >= 15 is 0 Å². The molecule has 1 atom stereocenters. The summed E-state index contributed by atoms with van der Waals surface area (Å²) in [6, 6.07) is 29.5. The molecule has 0 spiro atoms. The summed E-state index contributed by atoms with van der Waals surface area (Å²) >= 11 is 1.57. The minimum atomic E-state index is -0.486. The molecule has 5 nitrogen and oxygen atoms in total. The third kappa shape index (κ3) is 5.00. The van der Waals surface area contributed by atoms with Crippen molar-refractivity contribution in [1.82, 2.24) is 5.32 Å². The summed E-state index contributed by atoms with van der Waals surface area (Å²) in [7, 11) is 1.57. The van der Waals surface area contributed by atoms with Crippen LogP contribution < -0.4 is 15.4 Å². The number of rotatable bonds is 7. The second kappa shape index (κ2) is 10.8. The third-order valence-corrected chi connectivity index (χ3v) is 6.69. The molecule has 170 valence electrons. The van der Waals surface area contributed by atoms with Gasteiger partial charge >= 0.3 is 0 Å². The van der Waals surface area contributed by atoms with Gasteiger partial charge in [-0.15, -0.1) is 11.8 Å². The van der Waals surface area contributed by atoms with Crippen LogP contribution in [0.15, 0.2) is 107 Å². The van der Waals surface area contributed by atoms with Crippen LogP contribution in [-0.4, -0.2) is 13.0 Å². The fraction of sp³-hybridized carbons (Fsp3) is 0.143. The second-order valence-corrected chi connectivity index (χ2v) is 8.78. The summed E-state index contributed by atoms with van der Waals surface area (Å²) in [6.07, 6.45) is 0. The summed E-state index contributed by atoms with van der Waals surface area (Å²) in [5, 5.41) is 17.3. The number of nitriles is 1. The number of amides is 1. The van der Waals surface area contributed by atoms with Crippen molar-refractivity contribution < 1.29 is 9.53 Å². The van der Waals surface area contributed by atoms with Gasteiger partial charge in [-0.1, -0.05) is 72.8 Å². The number of carbonyl (C=O) groups excluding carboxylic acids is 1. The number of dihydropyridines is 1. The molecule has 6 heteroatoms. The Morgan fingerprint density at radius 1 is 1.03 bits per heavy atom. The lowest BCUT2D eigenvalue weighted by Crippen LogP contribution is -2.30. The van der Waals surface area contributed by atoms with Crippen molar-refractivity contribution in [2.75, 3.05) is 12.4 Å². The first-order chi connectivity index (χ1) is 16.6. The molecule has 0 saturated carbocycles. The number of anilines is 1. The normalized spacial score (nSPS) is 15.4. The van der Waals surface area contributed by atoms with Gasteiger partial charge in [-0.25, -0.2) is 0 Å². The van der Waals surface area contributed by atoms with Crippen LogP contribution in [0.4, 0.5) is 5.69 Å². The Morgan fingerprint density at radius 3 is 2.35 bits per heavy atom. The number of hydrogen-bond acceptors (Lipinski definition) is 5. The molecule has 2 N–H and O–H groups in total. The van der Waals surface area contributed by atoms with E-state index in [9.17, 15) is 10.1 Å². The van der Waals surface area contributed by atoms with E-state index in [0.29, 0.717) is 28.3 Å². The Kier molecular flexibility index (Phi) is 7.36. The minimum absolute atomic E-state index is 0.275. The van der Waals surface area contributed by atoms with Crippen molar-refractivity contribution in [2.24, 2.45) is 0 Å². The maximum Gasteiger partial charge on any atom is 0.254 e. The molecule has 0 saturated heterocycles. The molecule has 1 heterocycles. The Balaban J connectivity index is 1.71. The zero-order chi connectivity index (χ0) is 23.9. The molecular formula is C28H25N3O2S. The number of para-hydroxylation sites is 2. The smallest absolute Gasteiger partial charge is 0.254 e. The summed E-state index contributed by atoms with van der Waals surface area (Å²) in [6.45, 7) is 1.88. The zero-order valence-electron chi connectivity index (χ0n) is 19.0. The quantitative estimate of drug-likeness (QED) is 0.448. The Morgan fingerprint density at radius 2 is 1.68 bits per heavy atom. The number of benzene rings is 3. The van der Waals surface area contributed by atoms with E-state index < -0.39 is 5.92 Å². The molecule has 1 amide bonds. The van der Waals surface area contributed by atoms with Crippen molar-refractivity contribution in [3.63, 3.8) is 0 Å². The van der Waals surface area contributed by atoms with Crippen LogP contribution in [-0.2, 0) is 10.5 Å². The average Bonchev–Trinajstić information content (AvgIpc) is 2.88. The number of carbonyl (C=O) groups is 1. The van der Waals surface area contributed by atoms with Crippen molar-refractivity contribution in [2.45, 2.75) is 18.6 Å². The van der Waals surface area contributed by atoms with Gasteiger partial charge in [0.05, 0.1) is 35.4 Å². The van der Waals surface area contributed by atoms with Gasteiger partial charge in [-0.05, 0) is 30.2 Å². The van der Waals surface area contributed by atoms with Gasteiger partial charge in [0.15, 0.2) is 0 Å². The lowest BCUT2D eigenvalue weighted by molar-refractivity contribution is -0.113. The van der Waals surface area contributed by atoms with E-state index in [0.717, 1.165) is 21.9 Å². The van der Waals surface area contributed by atoms with Crippen molar-refractivity contribution in [1.29, 1.82) is 5.26 Å². The largest absolute Gasteiger partial charge is 0.495 e. The lowest BCUT2D eigenvalue weighted by Gasteiger charge is -2.30. The summed E-state index contributed by atoms with van der Waals surface area (Å²) < 4.78 is 5.39. The second-order valence-electron chi connectivity index (χ2n) is 7.79. The molecular weight excluding hydrogens is 442 g/mol. The SMILES string of the molecule is COc1ccccc1NC(=O)C1=C(C)NC(SCc2ccccc2)=C(C#N)[C@@H]1c1ccccc1. The third-order valence-electron chi connectivity index (χ3n) is 5.61. The van der Waals surface area contributed by atoms with Crippen LogP contribution in [0.25, 0.3) is 0 Å². The number of allylic oxidation sites excluding steroid dienone is 2. The van der Waals surface area contributed by atoms with Gasteiger partial charge in [0.25, 0.3) is 5.91 Å². The minimum Gasteiger partial charge on any atom is -0.495 e. The number of nitrogens with zero attached hydrogens (tertiary/aromatic N) is 1. The van der Waals surface area contributed by atoms with Gasteiger partial charge in [-0.3, -0.25) is 4.79 Å². The molecule has 0 fully saturated rings. The van der Waals surface area contributed by atoms with E-state index in [1.807, 2.05) is 67.6 Å². The van der Waals surface area contributed by atoms with Gasteiger partial charge in [0, 0.05) is 17.0 Å². The maximum atomic E-state index is 13.6. The molecule has 0 aliphatic carbocycles. The molecule has 3 aromatic carbocycles. The first kappa shape index (κ1) is 23.2. The van der Waals surface area contributed by atoms with Crippen LogP contribution in [0.2, 0.25) is 0 Å². The Labute approximate surface area is 204 Å². The van der Waals surface area contributed by atoms with Gasteiger partial charge < -0.3 is 15.4 Å². The summed E-state index contributed by atoms with van der Waals surface area (Å²) in [4.78, 5) is 13.6. The zero-order valence-corrected chi connectivity index (χ0v) is 19.9. The van der Waals surface area contributed by atoms with E-state index in [1.165, 1.54) is 0 Å². The highest BCUT2D eigenvalue weighted by molar-refractivity contribution is 8.02. The topological polar surface area (TPSA) is 74.2 Å². The van der Waals surface area contributed by atoms with Crippen LogP contribution in [0, 0.1) is 11.3 Å². The van der Waals surface area contributed by atoms with E-state index in [2.05, 4.69) is 28.8 Å². The first-order valence-electron chi connectivity index (χ1n) is 10.9. The molecule has 1 aliphatic heterocycles. The maximum absolute atomic E-state index is 13.6. The Bertz CT molecular complexity index is 1280. The molecule has 0 unspecified atom stereocenters. The van der Waals surface area contributed by atoms with Crippen LogP contribution in [0.3, 0.4) is 0 Å². The monoisotopic (exact) mass is 467 g/mol. The molecule has 4 rings (SSSR count). The molecule has 1 aliphatic rings. The van der Waals surface area contributed by atoms with Crippen LogP contribution in [0.1, 0.15) is 24.0 Å². The number of ether oxygens (including phenoxy) is 1. The molecule has 0 bridgehead atoms. The number of nitrogens with one attached hydrogen (secondary N) is 2. The van der Waals surface area contributed by atoms with Gasteiger partial charge in [-0.2, -0.15) is 5.26 Å². The fourth-order valence-electron chi connectivity index (χ4n) is 3.97. The highest BCUT2D eigenvalue weighted by Gasteiger charge is 2.34. The number of thioether (sulfide) groups is 1. The first-order valence-corrected chi connectivity index (χ1v) is 11.9.